The van der Waals surface area contributed by atoms with Crippen molar-refractivity contribution in [2.24, 2.45) is 10.9 Å². The number of allylic oxidation sites excluding steroid dienone is 1. The first-order valence-electron chi connectivity index (χ1n) is 20.7. The molecular weight excluding hydrogens is 729 g/mol. The molecule has 286 valence electrons. The van der Waals surface area contributed by atoms with E-state index in [0.717, 1.165) is 90.9 Å². The molecule has 0 amide bonds. The highest BCUT2D eigenvalue weighted by Crippen LogP contribution is 2.49. The average Bonchev–Trinajstić information content (AvgIpc) is 4.00. The molecule has 6 atom stereocenters. The van der Waals surface area contributed by atoms with E-state index in [-0.39, 0.29) is 36.1 Å². The van der Waals surface area contributed by atoms with Crippen LogP contribution < -0.4 is 10.1 Å². The Labute approximate surface area is 341 Å². The Hall–Kier alpha value is -6.83. The molecule has 7 heteroatoms. The Morgan fingerprint density at radius 1 is 0.695 bits per heavy atom. The minimum absolute atomic E-state index is 0.0432. The molecule has 9 aromatic rings. The molecule has 5 heterocycles. The third-order valence-corrected chi connectivity index (χ3v) is 12.7. The number of nitrogens with one attached hydrogen (secondary N) is 1. The molecule has 0 saturated carbocycles. The second-order valence-corrected chi connectivity index (χ2v) is 16.0. The fraction of sp³-hybridized carbons (Fsp3) is 0.173. The summed E-state index contributed by atoms with van der Waals surface area (Å²) in [4.78, 5) is 16.3. The summed E-state index contributed by atoms with van der Waals surface area (Å²) < 4.78 is 20.0. The molecule has 1 N–H and O–H groups in total. The van der Waals surface area contributed by atoms with E-state index in [4.69, 9.17) is 28.5 Å². The van der Waals surface area contributed by atoms with Crippen molar-refractivity contribution in [3.8, 4) is 17.0 Å². The van der Waals surface area contributed by atoms with E-state index >= 15 is 0 Å². The van der Waals surface area contributed by atoms with Crippen LogP contribution >= 0.6 is 0 Å². The van der Waals surface area contributed by atoms with Gasteiger partial charge in [0.25, 0.3) is 0 Å². The van der Waals surface area contributed by atoms with Crippen molar-refractivity contribution in [2.75, 3.05) is 0 Å². The van der Waals surface area contributed by atoms with E-state index in [1.807, 2.05) is 24.3 Å². The lowest BCUT2D eigenvalue weighted by Crippen LogP contribution is -2.40. The van der Waals surface area contributed by atoms with E-state index in [9.17, 15) is 0 Å². The fourth-order valence-electron chi connectivity index (χ4n) is 9.93. The second-order valence-electron chi connectivity index (χ2n) is 16.0. The molecule has 59 heavy (non-hydrogen) atoms. The van der Waals surface area contributed by atoms with Gasteiger partial charge in [-0.3, -0.25) is 10.3 Å². The number of benzene rings is 6. The van der Waals surface area contributed by atoms with Gasteiger partial charge in [-0.05, 0) is 66.4 Å². The average molecular weight is 769 g/mol. The van der Waals surface area contributed by atoms with Crippen molar-refractivity contribution < 1.29 is 13.6 Å². The zero-order chi connectivity index (χ0) is 39.0. The third-order valence-electron chi connectivity index (χ3n) is 12.7. The molecule has 3 aliphatic rings. The maximum absolute atomic E-state index is 6.68. The standard InChI is InChI=1S/C52H40N4O3/c1-2-33-45(30-15-5-3-6-16-30)53-51(31-17-7-4-8-18-31)55-47(33)37-22-14-26-43-44(37)39-29-32(27-28-42(39)57-43)46-50-48(36-20-10-12-25-41(36)59-50)56-52(54-46)38-23-13-21-35-34-19-9-11-24-40(34)58-49(35)38/h3-22,24-29,33,35,38,45,49,51,53H,2,23H2,1H3. The summed E-state index contributed by atoms with van der Waals surface area (Å²) >= 11 is 0. The monoisotopic (exact) mass is 768 g/mol. The van der Waals surface area contributed by atoms with Gasteiger partial charge in [0.1, 0.15) is 51.8 Å². The number of furan rings is 2. The number of hydrogen-bond acceptors (Lipinski definition) is 7. The van der Waals surface area contributed by atoms with Gasteiger partial charge in [0, 0.05) is 50.7 Å². The smallest absolute Gasteiger partial charge is 0.180 e. The van der Waals surface area contributed by atoms with Crippen LogP contribution in [0.2, 0.25) is 0 Å². The fourth-order valence-corrected chi connectivity index (χ4v) is 9.93. The van der Waals surface area contributed by atoms with Crippen molar-refractivity contribution >= 4 is 49.7 Å². The minimum atomic E-state index is -0.213. The minimum Gasteiger partial charge on any atom is -0.488 e. The highest BCUT2D eigenvalue weighted by atomic mass is 16.5. The summed E-state index contributed by atoms with van der Waals surface area (Å²) in [7, 11) is 0. The SMILES string of the molecule is CCC1C(c2cccc3oc4ccc(-c5nc(C6CC=CC7c8ccccc8OC76)nc6c5oc5ccccc56)cc4c23)=NC(c2ccccc2)NC1c1ccccc1. The number of rotatable bonds is 6. The molecule has 7 nitrogen and oxygen atoms in total. The van der Waals surface area contributed by atoms with E-state index in [0.29, 0.717) is 5.58 Å². The lowest BCUT2D eigenvalue weighted by Gasteiger charge is -2.37. The van der Waals surface area contributed by atoms with Crippen LogP contribution in [-0.4, -0.2) is 21.8 Å². The predicted octanol–water partition coefficient (Wildman–Crippen LogP) is 12.4. The van der Waals surface area contributed by atoms with E-state index < -0.39 is 0 Å². The Balaban J connectivity index is 1.04. The van der Waals surface area contributed by atoms with Gasteiger partial charge < -0.3 is 13.6 Å². The van der Waals surface area contributed by atoms with Gasteiger partial charge in [-0.2, -0.15) is 0 Å². The Bertz CT molecular complexity index is 3130. The van der Waals surface area contributed by atoms with Crippen LogP contribution in [0, 0.1) is 5.92 Å². The lowest BCUT2D eigenvalue weighted by molar-refractivity contribution is 0.175. The molecule has 1 aliphatic carbocycles. The maximum Gasteiger partial charge on any atom is 0.180 e. The molecule has 0 saturated heterocycles. The van der Waals surface area contributed by atoms with Crippen molar-refractivity contribution in [1.82, 2.24) is 15.3 Å². The van der Waals surface area contributed by atoms with Gasteiger partial charge in [0.2, 0.25) is 0 Å². The van der Waals surface area contributed by atoms with Crippen molar-refractivity contribution in [2.45, 2.75) is 49.9 Å². The van der Waals surface area contributed by atoms with Crippen molar-refractivity contribution in [1.29, 1.82) is 0 Å². The number of hydrogen-bond donors (Lipinski definition) is 1. The Morgan fingerprint density at radius 2 is 1.46 bits per heavy atom. The van der Waals surface area contributed by atoms with Crippen LogP contribution in [0.15, 0.2) is 172 Å². The highest BCUT2D eigenvalue weighted by Gasteiger charge is 2.42. The molecule has 2 aliphatic heterocycles. The molecular formula is C52H40N4O3. The molecule has 12 rings (SSSR count). The van der Waals surface area contributed by atoms with Gasteiger partial charge >= 0.3 is 0 Å². The lowest BCUT2D eigenvalue weighted by atomic mass is 9.81. The number of ether oxygens (including phenoxy) is 1. The normalized spacial score (nSPS) is 22.4. The van der Waals surface area contributed by atoms with Gasteiger partial charge in [-0.1, -0.05) is 122 Å². The molecule has 0 fully saturated rings. The van der Waals surface area contributed by atoms with E-state index in [2.05, 4.69) is 146 Å². The van der Waals surface area contributed by atoms with Gasteiger partial charge in [0.05, 0.1) is 11.6 Å². The topological polar surface area (TPSA) is 85.7 Å². The number of para-hydroxylation sites is 2. The van der Waals surface area contributed by atoms with Crippen molar-refractivity contribution in [3.05, 3.63) is 186 Å². The number of aliphatic imine (C=N–C) groups is 1. The quantitative estimate of drug-likeness (QED) is 0.170. The van der Waals surface area contributed by atoms with Crippen LogP contribution in [0.1, 0.15) is 71.9 Å². The van der Waals surface area contributed by atoms with Crippen LogP contribution in [0.25, 0.3) is 55.3 Å². The molecule has 6 aromatic carbocycles. The zero-order valence-electron chi connectivity index (χ0n) is 32.5. The zero-order valence-corrected chi connectivity index (χ0v) is 32.5. The predicted molar refractivity (Wildman–Crippen MR) is 234 cm³/mol. The number of nitrogens with zero attached hydrogens (tertiary/aromatic N) is 3. The second kappa shape index (κ2) is 13.6. The Kier molecular flexibility index (Phi) is 7.91. The summed E-state index contributed by atoms with van der Waals surface area (Å²) in [6.45, 7) is 2.26. The van der Waals surface area contributed by atoms with Gasteiger partial charge in [0.15, 0.2) is 5.58 Å². The summed E-state index contributed by atoms with van der Waals surface area (Å²) in [5, 5.41) is 6.96. The summed E-state index contributed by atoms with van der Waals surface area (Å²) in [6.07, 6.45) is 5.94. The molecule has 3 aromatic heterocycles. The molecule has 0 spiro atoms. The first-order chi connectivity index (χ1) is 29.2. The summed E-state index contributed by atoms with van der Waals surface area (Å²) in [6, 6.07) is 50.7. The summed E-state index contributed by atoms with van der Waals surface area (Å²) in [5.41, 5.74) is 11.4. The van der Waals surface area contributed by atoms with Crippen LogP contribution in [-0.2, 0) is 0 Å². The molecule has 0 bridgehead atoms. The summed E-state index contributed by atoms with van der Waals surface area (Å²) in [5.74, 6) is 1.92. The van der Waals surface area contributed by atoms with Crippen LogP contribution in [0.4, 0.5) is 0 Å². The van der Waals surface area contributed by atoms with Gasteiger partial charge in [-0.25, -0.2) is 9.97 Å². The maximum atomic E-state index is 6.68. The van der Waals surface area contributed by atoms with E-state index in [1.165, 1.54) is 11.1 Å². The number of aromatic nitrogens is 2. The first-order valence-corrected chi connectivity index (χ1v) is 20.7. The van der Waals surface area contributed by atoms with Crippen molar-refractivity contribution in [3.63, 3.8) is 0 Å². The molecule has 0 radical (unpaired) electrons. The first kappa shape index (κ1) is 34.2. The third kappa shape index (κ3) is 5.49. The highest BCUT2D eigenvalue weighted by molar-refractivity contribution is 6.20. The van der Waals surface area contributed by atoms with E-state index in [1.54, 1.807) is 0 Å². The largest absolute Gasteiger partial charge is 0.488 e. The number of fused-ring (bicyclic) bond motifs is 9. The van der Waals surface area contributed by atoms with Gasteiger partial charge in [-0.15, -0.1) is 0 Å². The Morgan fingerprint density at radius 3 is 2.32 bits per heavy atom. The molecule has 6 unspecified atom stereocenters. The van der Waals surface area contributed by atoms with Crippen LogP contribution in [0.5, 0.6) is 5.75 Å². The van der Waals surface area contributed by atoms with Crippen LogP contribution in [0.3, 0.4) is 0 Å².